The Kier molecular flexibility index (Phi) is 7.90. The van der Waals surface area contributed by atoms with Gasteiger partial charge in [-0.2, -0.15) is 13.2 Å². The molecule has 0 N–H and O–H groups in total. The first-order chi connectivity index (χ1) is 15.2. The zero-order valence-corrected chi connectivity index (χ0v) is 19.3. The first-order valence-electron chi connectivity index (χ1n) is 9.65. The molecule has 0 aliphatic carbocycles. The molecule has 0 aliphatic rings. The Bertz CT molecular complexity index is 1100. The van der Waals surface area contributed by atoms with Gasteiger partial charge in [-0.15, -0.1) is 0 Å². The van der Waals surface area contributed by atoms with Crippen LogP contribution in [0, 0.1) is 0 Å². The van der Waals surface area contributed by atoms with Gasteiger partial charge in [0, 0.05) is 5.33 Å². The number of benzene rings is 3. The minimum absolute atomic E-state index is 0.103. The van der Waals surface area contributed by atoms with Gasteiger partial charge in [0.15, 0.2) is 6.10 Å². The second kappa shape index (κ2) is 10.4. The summed E-state index contributed by atoms with van der Waals surface area (Å²) in [6, 6.07) is 13.4. The average molecular weight is 532 g/mol. The number of esters is 1. The summed E-state index contributed by atoms with van der Waals surface area (Å²) < 4.78 is 54.9. The molecule has 0 aliphatic heterocycles. The predicted octanol–water partition coefficient (Wildman–Crippen LogP) is 7.40. The van der Waals surface area contributed by atoms with Crippen molar-refractivity contribution in [1.29, 1.82) is 0 Å². The summed E-state index contributed by atoms with van der Waals surface area (Å²) in [5, 5.41) is 2.23. The third-order valence-corrected chi connectivity index (χ3v) is 5.29. The fourth-order valence-electron chi connectivity index (χ4n) is 2.82. The molecule has 0 spiro atoms. The van der Waals surface area contributed by atoms with Crippen molar-refractivity contribution in [2.75, 3.05) is 11.9 Å². The molecule has 0 fully saturated rings. The molecule has 9 heteroatoms. The van der Waals surface area contributed by atoms with Crippen molar-refractivity contribution in [2.45, 2.75) is 25.6 Å². The van der Waals surface area contributed by atoms with Crippen LogP contribution in [0.25, 0.3) is 10.8 Å². The van der Waals surface area contributed by atoms with E-state index in [1.54, 1.807) is 37.3 Å². The highest BCUT2D eigenvalue weighted by Gasteiger charge is 2.31. The number of halogens is 5. The summed E-state index contributed by atoms with van der Waals surface area (Å²) in [7, 11) is 0. The molecule has 0 aromatic heterocycles. The van der Waals surface area contributed by atoms with Crippen LogP contribution in [0.1, 0.15) is 18.9 Å². The maximum Gasteiger partial charge on any atom is 0.416 e. The summed E-state index contributed by atoms with van der Waals surface area (Å²) >= 11 is 9.24. The first-order valence-corrected chi connectivity index (χ1v) is 11.1. The van der Waals surface area contributed by atoms with E-state index in [1.165, 1.54) is 6.07 Å². The molecular weight excluding hydrogens is 513 g/mol. The second-order valence-corrected chi connectivity index (χ2v) is 8.09. The zero-order valence-electron chi connectivity index (χ0n) is 16.9. The molecule has 1 unspecified atom stereocenters. The fourth-order valence-corrected chi connectivity index (χ4v) is 3.27. The highest BCUT2D eigenvalue weighted by Crippen LogP contribution is 2.37. The lowest BCUT2D eigenvalue weighted by molar-refractivity contribution is -0.151. The molecule has 3 rings (SSSR count). The molecule has 0 saturated heterocycles. The molecule has 4 nitrogen and oxygen atoms in total. The van der Waals surface area contributed by atoms with Crippen LogP contribution in [0.4, 0.5) is 13.2 Å². The number of hydrogen-bond acceptors (Lipinski definition) is 4. The van der Waals surface area contributed by atoms with Gasteiger partial charge in [0.2, 0.25) is 0 Å². The maximum atomic E-state index is 12.8. The maximum absolute atomic E-state index is 12.8. The van der Waals surface area contributed by atoms with E-state index in [4.69, 9.17) is 25.8 Å². The van der Waals surface area contributed by atoms with Crippen molar-refractivity contribution >= 4 is 44.3 Å². The van der Waals surface area contributed by atoms with Gasteiger partial charge in [-0.3, -0.25) is 0 Å². The summed E-state index contributed by atoms with van der Waals surface area (Å²) in [4.78, 5) is 12.0. The number of rotatable bonds is 8. The third-order valence-electron chi connectivity index (χ3n) is 4.44. The number of hydrogen-bond donors (Lipinski definition) is 0. The number of fused-ring (bicyclic) bond motifs is 1. The normalized spacial score (nSPS) is 12.4. The van der Waals surface area contributed by atoms with Crippen LogP contribution in [-0.4, -0.2) is 24.0 Å². The fraction of sp³-hybridized carbons (Fsp3) is 0.261. The van der Waals surface area contributed by atoms with Gasteiger partial charge in [0.25, 0.3) is 0 Å². The van der Waals surface area contributed by atoms with Gasteiger partial charge in [0.05, 0.1) is 17.2 Å². The van der Waals surface area contributed by atoms with E-state index in [-0.39, 0.29) is 10.8 Å². The highest BCUT2D eigenvalue weighted by molar-refractivity contribution is 9.09. The molecule has 3 aromatic carbocycles. The van der Waals surface area contributed by atoms with Gasteiger partial charge >= 0.3 is 12.1 Å². The first kappa shape index (κ1) is 24.2. The van der Waals surface area contributed by atoms with E-state index in [2.05, 4.69) is 15.9 Å². The van der Waals surface area contributed by atoms with Gasteiger partial charge in [-0.1, -0.05) is 39.7 Å². The quantitative estimate of drug-likeness (QED) is 0.173. The molecular formula is C23H19BrClF3O4. The van der Waals surface area contributed by atoms with Crippen LogP contribution < -0.4 is 9.47 Å². The number of alkyl halides is 4. The Morgan fingerprint density at radius 1 is 1.03 bits per heavy atom. The summed E-state index contributed by atoms with van der Waals surface area (Å²) in [5.74, 6) is 0.497. The number of ether oxygens (including phenoxy) is 3. The van der Waals surface area contributed by atoms with Gasteiger partial charge < -0.3 is 14.2 Å². The van der Waals surface area contributed by atoms with E-state index in [1.807, 2.05) is 6.07 Å². The monoisotopic (exact) mass is 530 g/mol. The molecule has 1 atom stereocenters. The zero-order chi connectivity index (χ0) is 23.3. The average Bonchev–Trinajstić information content (AvgIpc) is 2.74. The smallest absolute Gasteiger partial charge is 0.416 e. The van der Waals surface area contributed by atoms with Crippen molar-refractivity contribution in [3.05, 3.63) is 65.2 Å². The Hall–Kier alpha value is -2.45. The second-order valence-electron chi connectivity index (χ2n) is 6.89. The largest absolute Gasteiger partial charge is 0.479 e. The summed E-state index contributed by atoms with van der Waals surface area (Å²) in [6.07, 6.45) is -4.56. The summed E-state index contributed by atoms with van der Waals surface area (Å²) in [5.41, 5.74) is -0.852. The Morgan fingerprint density at radius 2 is 1.72 bits per heavy atom. The van der Waals surface area contributed by atoms with E-state index in [9.17, 15) is 18.0 Å². The molecule has 0 radical (unpaired) electrons. The highest BCUT2D eigenvalue weighted by atomic mass is 79.9. The van der Waals surface area contributed by atoms with Crippen molar-refractivity contribution in [3.63, 3.8) is 0 Å². The third kappa shape index (κ3) is 6.29. The number of carbonyl (C=O) groups is 1. The van der Waals surface area contributed by atoms with Crippen LogP contribution in [-0.2, 0) is 15.7 Å². The van der Waals surface area contributed by atoms with Crippen LogP contribution in [0.2, 0.25) is 5.02 Å². The van der Waals surface area contributed by atoms with E-state index in [0.717, 1.165) is 28.2 Å². The SMILES string of the molecule is CC(Oc1ccc2ccc(Oc3ccc(C(F)(F)F)cc3Cl)cc2c1)C(=O)OCCCBr. The summed E-state index contributed by atoms with van der Waals surface area (Å²) in [6.45, 7) is 1.91. The van der Waals surface area contributed by atoms with Crippen molar-refractivity contribution in [3.8, 4) is 17.2 Å². The predicted molar refractivity (Wildman–Crippen MR) is 120 cm³/mol. The van der Waals surface area contributed by atoms with Crippen molar-refractivity contribution < 1.29 is 32.2 Å². The van der Waals surface area contributed by atoms with Gasteiger partial charge in [-0.25, -0.2) is 4.79 Å². The Balaban J connectivity index is 1.75. The lowest BCUT2D eigenvalue weighted by Gasteiger charge is -2.15. The lowest BCUT2D eigenvalue weighted by Crippen LogP contribution is -2.26. The number of carbonyl (C=O) groups excluding carboxylic acids is 1. The Labute approximate surface area is 196 Å². The molecule has 3 aromatic rings. The lowest BCUT2D eigenvalue weighted by atomic mass is 10.1. The van der Waals surface area contributed by atoms with E-state index < -0.39 is 23.8 Å². The topological polar surface area (TPSA) is 44.8 Å². The van der Waals surface area contributed by atoms with Gasteiger partial charge in [-0.05, 0) is 66.6 Å². The molecule has 0 saturated carbocycles. The van der Waals surface area contributed by atoms with Crippen molar-refractivity contribution in [2.24, 2.45) is 0 Å². The minimum Gasteiger partial charge on any atom is -0.479 e. The van der Waals surface area contributed by atoms with Crippen LogP contribution in [0.5, 0.6) is 17.2 Å². The van der Waals surface area contributed by atoms with Crippen LogP contribution in [0.3, 0.4) is 0 Å². The molecule has 32 heavy (non-hydrogen) atoms. The Morgan fingerprint density at radius 3 is 2.38 bits per heavy atom. The van der Waals surface area contributed by atoms with Crippen molar-refractivity contribution in [1.82, 2.24) is 0 Å². The van der Waals surface area contributed by atoms with E-state index >= 15 is 0 Å². The van der Waals surface area contributed by atoms with Crippen LogP contribution >= 0.6 is 27.5 Å². The molecule has 0 amide bonds. The molecule has 170 valence electrons. The van der Waals surface area contributed by atoms with Gasteiger partial charge in [0.1, 0.15) is 17.2 Å². The molecule has 0 bridgehead atoms. The van der Waals surface area contributed by atoms with Crippen LogP contribution in [0.15, 0.2) is 54.6 Å². The van der Waals surface area contributed by atoms with E-state index in [0.29, 0.717) is 24.5 Å². The minimum atomic E-state index is -4.49. The molecule has 0 heterocycles. The standard InChI is InChI=1S/C23H19BrClF3O4/c1-14(22(29)30-10-2-9-24)31-18-6-3-15-4-7-19(12-16(15)11-18)32-21-8-5-17(13-20(21)25)23(26,27)28/h3-8,11-14H,2,9-10H2,1H3.